The fraction of sp³-hybridized carbons (Fsp3) is 0.571. The third-order valence-corrected chi connectivity index (χ3v) is 2.75. The lowest BCUT2D eigenvalue weighted by Gasteiger charge is -2.08. The van der Waals surface area contributed by atoms with Crippen LogP contribution in [0.4, 0.5) is 0 Å². The Morgan fingerprint density at radius 1 is 0.760 bits per heavy atom. The van der Waals surface area contributed by atoms with Gasteiger partial charge in [-0.1, -0.05) is 0 Å². The van der Waals surface area contributed by atoms with Crippen LogP contribution in [0.3, 0.4) is 0 Å². The van der Waals surface area contributed by atoms with E-state index in [-0.39, 0.29) is 23.0 Å². The summed E-state index contributed by atoms with van der Waals surface area (Å²) in [6.07, 6.45) is -2.11. The van der Waals surface area contributed by atoms with Crippen LogP contribution in [0.1, 0.15) is 0 Å². The van der Waals surface area contributed by atoms with Crippen LogP contribution < -0.4 is 0 Å². The largest absolute Gasteiger partial charge is 0.491 e. The minimum Gasteiger partial charge on any atom is -0.491 e. The van der Waals surface area contributed by atoms with Crippen LogP contribution in [-0.4, -0.2) is 77.4 Å². The molecule has 0 aromatic carbocycles. The van der Waals surface area contributed by atoms with Crippen molar-refractivity contribution < 1.29 is 53.0 Å². The van der Waals surface area contributed by atoms with Crippen LogP contribution in [-0.2, 0) is 42.7 Å². The zero-order chi connectivity index (χ0) is 19.6. The second-order valence-corrected chi connectivity index (χ2v) is 3.93. The fourth-order valence-corrected chi connectivity index (χ4v) is 1.74. The van der Waals surface area contributed by atoms with Gasteiger partial charge in [-0.05, 0) is 0 Å². The van der Waals surface area contributed by atoms with Crippen molar-refractivity contribution in [2.75, 3.05) is 42.7 Å². The Morgan fingerprint density at radius 2 is 1.20 bits per heavy atom. The van der Waals surface area contributed by atoms with Crippen molar-refractivity contribution in [3.8, 4) is 0 Å². The second-order valence-electron chi connectivity index (χ2n) is 3.93. The van der Waals surface area contributed by atoms with E-state index in [1.54, 1.807) is 0 Å². The third-order valence-electron chi connectivity index (χ3n) is 2.75. The molecule has 0 saturated carbocycles. The van der Waals surface area contributed by atoms with Gasteiger partial charge >= 0.3 is 11.9 Å². The van der Waals surface area contributed by atoms with Crippen molar-refractivity contribution >= 4 is 11.9 Å². The molecule has 11 heteroatoms. The number of methoxy groups -OCH3 is 5. The van der Waals surface area contributed by atoms with Gasteiger partial charge in [-0.15, -0.1) is 0 Å². The first kappa shape index (κ1) is 22.5. The molecular formula is C14H22O11. The Kier molecular flexibility index (Phi) is 10.0. The van der Waals surface area contributed by atoms with Crippen LogP contribution in [0, 0.1) is 0 Å². The molecule has 2 aliphatic heterocycles. The number of esters is 2. The minimum atomic E-state index is -1.33. The zero-order valence-electron chi connectivity index (χ0n) is 14.7. The maximum absolute atomic E-state index is 11.0. The van der Waals surface area contributed by atoms with Gasteiger partial charge in [-0.3, -0.25) is 0 Å². The van der Waals surface area contributed by atoms with Crippen molar-refractivity contribution in [3.63, 3.8) is 0 Å². The smallest absolute Gasteiger partial charge is 0.380 e. The Balaban J connectivity index is 0.000000421. The third kappa shape index (κ3) is 5.24. The lowest BCUT2D eigenvalue weighted by molar-refractivity contribution is -0.161. The molecule has 0 spiro atoms. The highest BCUT2D eigenvalue weighted by Crippen LogP contribution is 2.23. The molecule has 11 nitrogen and oxygen atoms in total. The minimum absolute atomic E-state index is 0.0116. The molecule has 0 bridgehead atoms. The Bertz CT molecular complexity index is 523. The number of aliphatic hydroxyl groups is 2. The highest BCUT2D eigenvalue weighted by Gasteiger charge is 2.37. The second kappa shape index (κ2) is 11.1. The highest BCUT2D eigenvalue weighted by atomic mass is 16.7. The molecule has 2 unspecified atom stereocenters. The van der Waals surface area contributed by atoms with Gasteiger partial charge in [0.05, 0.1) is 28.4 Å². The van der Waals surface area contributed by atoms with E-state index < -0.39 is 24.5 Å². The molecular weight excluding hydrogens is 344 g/mol. The van der Waals surface area contributed by atoms with Gasteiger partial charge in [0.15, 0.2) is 0 Å². The number of cyclic esters (lactones) is 2. The van der Waals surface area contributed by atoms with Crippen molar-refractivity contribution in [1.82, 2.24) is 0 Å². The normalized spacial score (nSPS) is 21.4. The summed E-state index contributed by atoms with van der Waals surface area (Å²) in [5.74, 6) is -1.02. The lowest BCUT2D eigenvalue weighted by atomic mass is 10.4. The maximum Gasteiger partial charge on any atom is 0.380 e. The van der Waals surface area contributed by atoms with E-state index in [0.29, 0.717) is 0 Å². The molecule has 0 radical (unpaired) electrons. The average molecular weight is 366 g/mol. The molecule has 0 amide bonds. The average Bonchev–Trinajstić information content (AvgIpc) is 3.10. The summed E-state index contributed by atoms with van der Waals surface area (Å²) < 4.78 is 32.8. The van der Waals surface area contributed by atoms with Gasteiger partial charge in [0, 0.05) is 14.2 Å². The van der Waals surface area contributed by atoms with Crippen LogP contribution in [0.2, 0.25) is 0 Å². The summed E-state index contributed by atoms with van der Waals surface area (Å²) in [6.45, 7) is 0. The first-order valence-corrected chi connectivity index (χ1v) is 6.66. The van der Waals surface area contributed by atoms with Crippen LogP contribution in [0.15, 0.2) is 23.0 Å². The van der Waals surface area contributed by atoms with Gasteiger partial charge < -0.3 is 43.4 Å². The summed E-state index contributed by atoms with van der Waals surface area (Å²) >= 11 is 0. The molecule has 0 fully saturated rings. The quantitative estimate of drug-likeness (QED) is 0.579. The lowest BCUT2D eigenvalue weighted by Crippen LogP contribution is -2.14. The first-order chi connectivity index (χ1) is 11.9. The zero-order valence-corrected chi connectivity index (χ0v) is 14.7. The number of carbonyl (C=O) groups excluding carboxylic acids is 2. The highest BCUT2D eigenvalue weighted by molar-refractivity contribution is 5.89. The van der Waals surface area contributed by atoms with Gasteiger partial charge in [-0.25, -0.2) is 9.59 Å². The summed E-state index contributed by atoms with van der Waals surface area (Å²) in [7, 11) is 7.82. The molecule has 0 aliphatic carbocycles. The van der Waals surface area contributed by atoms with Gasteiger partial charge in [0.1, 0.15) is 0 Å². The summed E-state index contributed by atoms with van der Waals surface area (Å²) in [4.78, 5) is 21.7. The van der Waals surface area contributed by atoms with Gasteiger partial charge in [0.25, 0.3) is 12.6 Å². The van der Waals surface area contributed by atoms with Crippen molar-refractivity contribution in [1.29, 1.82) is 0 Å². The molecule has 0 saturated heterocycles. The Hall–Kier alpha value is -2.50. The molecule has 25 heavy (non-hydrogen) atoms. The Labute approximate surface area is 144 Å². The molecule has 2 aliphatic rings. The molecule has 144 valence electrons. The molecule has 2 heterocycles. The summed E-state index contributed by atoms with van der Waals surface area (Å²) in [5, 5.41) is 16.0. The molecule has 2 rings (SSSR count). The predicted molar refractivity (Wildman–Crippen MR) is 79.2 cm³/mol. The topological polar surface area (TPSA) is 139 Å². The van der Waals surface area contributed by atoms with E-state index in [9.17, 15) is 9.59 Å². The van der Waals surface area contributed by atoms with Crippen LogP contribution in [0.25, 0.3) is 0 Å². The molecule has 0 aromatic rings. The van der Waals surface area contributed by atoms with E-state index >= 15 is 0 Å². The first-order valence-electron chi connectivity index (χ1n) is 6.66. The molecule has 2 atom stereocenters. The van der Waals surface area contributed by atoms with Gasteiger partial charge in [0.2, 0.25) is 23.0 Å². The number of aliphatic hydroxyl groups excluding tert-OH is 2. The number of ether oxygens (including phenoxy) is 7. The fourth-order valence-electron chi connectivity index (χ4n) is 1.74. The molecule has 0 aromatic heterocycles. The standard InChI is InChI=1S/C7H10O5.C6H8O5.CH4O/c1-9-4-5(10-2)7(11-3)12-6(4)8;1-9-3-4(10-2)6(8)11-5(3)7;1-2/h7H,1-3H3;5,7H,1-2H3;2H,1H3. The van der Waals surface area contributed by atoms with Crippen LogP contribution in [0.5, 0.6) is 0 Å². The van der Waals surface area contributed by atoms with E-state index in [0.717, 1.165) is 7.11 Å². The predicted octanol–water partition coefficient (Wildman–Crippen LogP) is -1.01. The van der Waals surface area contributed by atoms with E-state index in [2.05, 4.69) is 14.2 Å². The SMILES string of the molecule is CO.COC1=C(OC)C(O)OC1=O.COC1=C(OC)C(OC)OC1=O. The number of hydrogen-bond donors (Lipinski definition) is 2. The van der Waals surface area contributed by atoms with Crippen LogP contribution >= 0.6 is 0 Å². The van der Waals surface area contributed by atoms with E-state index in [1.807, 2.05) is 0 Å². The monoisotopic (exact) mass is 366 g/mol. The molecule has 2 N–H and O–H groups in total. The van der Waals surface area contributed by atoms with Gasteiger partial charge in [-0.2, -0.15) is 0 Å². The number of rotatable bonds is 5. The van der Waals surface area contributed by atoms with E-state index in [4.69, 9.17) is 29.2 Å². The summed E-state index contributed by atoms with van der Waals surface area (Å²) in [5.41, 5.74) is 0. The number of carbonyl (C=O) groups is 2. The van der Waals surface area contributed by atoms with Crippen molar-refractivity contribution in [2.45, 2.75) is 12.6 Å². The van der Waals surface area contributed by atoms with Crippen molar-refractivity contribution in [3.05, 3.63) is 23.0 Å². The van der Waals surface area contributed by atoms with E-state index in [1.165, 1.54) is 35.5 Å². The van der Waals surface area contributed by atoms with Crippen molar-refractivity contribution in [2.24, 2.45) is 0 Å². The summed E-state index contributed by atoms with van der Waals surface area (Å²) in [6, 6.07) is 0. The Morgan fingerprint density at radius 3 is 1.56 bits per heavy atom. The maximum atomic E-state index is 11.0. The number of hydrogen-bond acceptors (Lipinski definition) is 11.